The average molecular weight is 375 g/mol. The lowest BCUT2D eigenvalue weighted by atomic mass is 9.89. The minimum atomic E-state index is 0.292. The molecular formula is C22H25N5O. The molecule has 0 bridgehead atoms. The van der Waals surface area contributed by atoms with Crippen LogP contribution in [0.15, 0.2) is 55.0 Å². The zero-order chi connectivity index (χ0) is 19.3. The second kappa shape index (κ2) is 8.35. The molecule has 0 aliphatic carbocycles. The number of nitrogen functional groups attached to an aromatic ring is 1. The van der Waals surface area contributed by atoms with Crippen LogP contribution in [0, 0.1) is 0 Å². The summed E-state index contributed by atoms with van der Waals surface area (Å²) in [6.07, 6.45) is 7.58. The summed E-state index contributed by atoms with van der Waals surface area (Å²) in [6.45, 7) is 2.70. The molecule has 4 rings (SSSR count). The molecule has 1 aliphatic heterocycles. The van der Waals surface area contributed by atoms with Gasteiger partial charge in [0.25, 0.3) is 5.88 Å². The van der Waals surface area contributed by atoms with Gasteiger partial charge in [-0.3, -0.25) is 4.98 Å². The minimum absolute atomic E-state index is 0.292. The molecule has 0 amide bonds. The van der Waals surface area contributed by atoms with Gasteiger partial charge in [-0.1, -0.05) is 24.3 Å². The van der Waals surface area contributed by atoms with E-state index in [9.17, 15) is 0 Å². The number of hydrogen-bond donors (Lipinski definition) is 1. The average Bonchev–Trinajstić information content (AvgIpc) is 2.75. The van der Waals surface area contributed by atoms with Crippen molar-refractivity contribution in [2.45, 2.75) is 25.4 Å². The second-order valence-electron chi connectivity index (χ2n) is 7.29. The van der Waals surface area contributed by atoms with Gasteiger partial charge in [0, 0.05) is 18.0 Å². The zero-order valence-electron chi connectivity index (χ0n) is 16.1. The van der Waals surface area contributed by atoms with Crippen LogP contribution >= 0.6 is 0 Å². The molecule has 6 heteroatoms. The summed E-state index contributed by atoms with van der Waals surface area (Å²) < 4.78 is 5.78. The maximum Gasteiger partial charge on any atom is 0.258 e. The van der Waals surface area contributed by atoms with E-state index in [4.69, 9.17) is 10.5 Å². The van der Waals surface area contributed by atoms with Gasteiger partial charge in [0.1, 0.15) is 6.61 Å². The molecule has 1 fully saturated rings. The summed E-state index contributed by atoms with van der Waals surface area (Å²) in [5, 5.41) is 0. The van der Waals surface area contributed by atoms with Gasteiger partial charge in [-0.25, -0.2) is 9.97 Å². The van der Waals surface area contributed by atoms with E-state index in [1.165, 1.54) is 18.4 Å². The monoisotopic (exact) mass is 375 g/mol. The van der Waals surface area contributed by atoms with Crippen molar-refractivity contribution >= 4 is 5.82 Å². The maximum absolute atomic E-state index is 5.95. The van der Waals surface area contributed by atoms with Gasteiger partial charge in [0.05, 0.1) is 11.9 Å². The van der Waals surface area contributed by atoms with E-state index in [0.29, 0.717) is 24.2 Å². The topological polar surface area (TPSA) is 77.2 Å². The van der Waals surface area contributed by atoms with E-state index in [1.807, 2.05) is 12.1 Å². The largest absolute Gasteiger partial charge is 0.470 e. The van der Waals surface area contributed by atoms with E-state index in [1.54, 1.807) is 18.6 Å². The van der Waals surface area contributed by atoms with Crippen molar-refractivity contribution in [1.29, 1.82) is 0 Å². The summed E-state index contributed by atoms with van der Waals surface area (Å²) >= 11 is 0. The molecule has 6 nitrogen and oxygen atoms in total. The second-order valence-corrected chi connectivity index (χ2v) is 7.29. The molecule has 0 spiro atoms. The van der Waals surface area contributed by atoms with Crippen molar-refractivity contribution in [3.05, 3.63) is 66.1 Å². The number of hydrogen-bond acceptors (Lipinski definition) is 6. The first-order chi connectivity index (χ1) is 13.7. The van der Waals surface area contributed by atoms with Crippen LogP contribution in [0.2, 0.25) is 0 Å². The standard InChI is InChI=1S/C22H25N5O/c1-27-12-8-18(9-13-27)17-2-4-19(5-3-17)20-14-25-21(23)22(26-20)28-15-16-6-10-24-11-7-16/h2-7,10-11,14,18H,8-9,12-13,15H2,1H3,(H2,23,25). The molecular weight excluding hydrogens is 350 g/mol. The highest BCUT2D eigenvalue weighted by molar-refractivity contribution is 5.61. The van der Waals surface area contributed by atoms with Crippen LogP contribution in [0.5, 0.6) is 5.88 Å². The van der Waals surface area contributed by atoms with Crippen molar-refractivity contribution in [3.63, 3.8) is 0 Å². The van der Waals surface area contributed by atoms with Crippen molar-refractivity contribution in [2.24, 2.45) is 0 Å². The number of anilines is 1. The molecule has 0 atom stereocenters. The van der Waals surface area contributed by atoms with Crippen LogP contribution in [0.25, 0.3) is 11.3 Å². The highest BCUT2D eigenvalue weighted by atomic mass is 16.5. The Kier molecular flexibility index (Phi) is 5.48. The van der Waals surface area contributed by atoms with Crippen LogP contribution in [-0.4, -0.2) is 40.0 Å². The van der Waals surface area contributed by atoms with Gasteiger partial charge in [0.2, 0.25) is 0 Å². The van der Waals surface area contributed by atoms with Gasteiger partial charge < -0.3 is 15.4 Å². The first-order valence-corrected chi connectivity index (χ1v) is 9.62. The van der Waals surface area contributed by atoms with Crippen molar-refractivity contribution in [2.75, 3.05) is 25.9 Å². The third-order valence-electron chi connectivity index (χ3n) is 5.29. The van der Waals surface area contributed by atoms with E-state index < -0.39 is 0 Å². The molecule has 2 aromatic heterocycles. The normalized spacial score (nSPS) is 15.5. The Morgan fingerprint density at radius 2 is 1.79 bits per heavy atom. The van der Waals surface area contributed by atoms with Crippen molar-refractivity contribution in [3.8, 4) is 17.1 Å². The van der Waals surface area contributed by atoms with Gasteiger partial charge in [-0.05, 0) is 62.2 Å². The number of piperidine rings is 1. The van der Waals surface area contributed by atoms with E-state index in [0.717, 1.165) is 29.9 Å². The molecule has 1 aliphatic rings. The van der Waals surface area contributed by atoms with E-state index in [-0.39, 0.29) is 0 Å². The van der Waals surface area contributed by atoms with Gasteiger partial charge in [0.15, 0.2) is 5.82 Å². The summed E-state index contributed by atoms with van der Waals surface area (Å²) in [5.41, 5.74) is 10.1. The Morgan fingerprint density at radius 3 is 2.50 bits per heavy atom. The van der Waals surface area contributed by atoms with Gasteiger partial charge >= 0.3 is 0 Å². The number of nitrogens with two attached hydrogens (primary N) is 1. The number of nitrogens with zero attached hydrogens (tertiary/aromatic N) is 4. The number of pyridine rings is 1. The highest BCUT2D eigenvalue weighted by Crippen LogP contribution is 2.30. The summed E-state index contributed by atoms with van der Waals surface area (Å²) in [6, 6.07) is 12.4. The van der Waals surface area contributed by atoms with Gasteiger partial charge in [-0.15, -0.1) is 0 Å². The molecule has 1 saturated heterocycles. The fourth-order valence-electron chi connectivity index (χ4n) is 3.53. The molecule has 144 valence electrons. The first kappa shape index (κ1) is 18.4. The fraction of sp³-hybridized carbons (Fsp3) is 0.318. The third-order valence-corrected chi connectivity index (χ3v) is 5.29. The molecule has 3 heterocycles. The Hall–Kier alpha value is -2.99. The Labute approximate surface area is 165 Å². The Balaban J connectivity index is 1.48. The molecule has 0 unspecified atom stereocenters. The maximum atomic E-state index is 5.95. The third kappa shape index (κ3) is 4.28. The lowest BCUT2D eigenvalue weighted by Gasteiger charge is -2.29. The van der Waals surface area contributed by atoms with Crippen LogP contribution in [-0.2, 0) is 6.61 Å². The quantitative estimate of drug-likeness (QED) is 0.735. The predicted molar refractivity (Wildman–Crippen MR) is 110 cm³/mol. The number of benzene rings is 1. The van der Waals surface area contributed by atoms with E-state index in [2.05, 4.69) is 51.2 Å². The summed E-state index contributed by atoms with van der Waals surface area (Å²) in [4.78, 5) is 15.2. The summed E-state index contributed by atoms with van der Waals surface area (Å²) in [5.74, 6) is 1.29. The molecule has 0 radical (unpaired) electrons. The van der Waals surface area contributed by atoms with Crippen molar-refractivity contribution in [1.82, 2.24) is 19.9 Å². The minimum Gasteiger partial charge on any atom is -0.470 e. The van der Waals surface area contributed by atoms with Crippen LogP contribution < -0.4 is 10.5 Å². The molecule has 1 aromatic carbocycles. The van der Waals surface area contributed by atoms with E-state index >= 15 is 0 Å². The smallest absolute Gasteiger partial charge is 0.258 e. The lowest BCUT2D eigenvalue weighted by Crippen LogP contribution is -2.29. The number of rotatable bonds is 5. The SMILES string of the molecule is CN1CCC(c2ccc(-c3cnc(N)c(OCc4ccncc4)n3)cc2)CC1. The molecule has 0 saturated carbocycles. The lowest BCUT2D eigenvalue weighted by molar-refractivity contribution is 0.255. The number of likely N-dealkylation sites (tertiary alicyclic amines) is 1. The number of ether oxygens (including phenoxy) is 1. The molecule has 2 N–H and O–H groups in total. The van der Waals surface area contributed by atoms with Gasteiger partial charge in [-0.2, -0.15) is 0 Å². The van der Waals surface area contributed by atoms with Crippen LogP contribution in [0.4, 0.5) is 5.82 Å². The summed E-state index contributed by atoms with van der Waals surface area (Å²) in [7, 11) is 2.19. The predicted octanol–water partition coefficient (Wildman–Crippen LogP) is 3.51. The zero-order valence-corrected chi connectivity index (χ0v) is 16.1. The van der Waals surface area contributed by atoms with Crippen LogP contribution in [0.3, 0.4) is 0 Å². The molecule has 3 aromatic rings. The van der Waals surface area contributed by atoms with Crippen molar-refractivity contribution < 1.29 is 4.74 Å². The Morgan fingerprint density at radius 1 is 1.07 bits per heavy atom. The number of aromatic nitrogens is 3. The molecule has 28 heavy (non-hydrogen) atoms. The van der Waals surface area contributed by atoms with Crippen LogP contribution in [0.1, 0.15) is 29.9 Å². The fourth-order valence-corrected chi connectivity index (χ4v) is 3.53. The Bertz CT molecular complexity index is 906. The first-order valence-electron chi connectivity index (χ1n) is 9.62. The highest BCUT2D eigenvalue weighted by Gasteiger charge is 2.18.